The van der Waals surface area contributed by atoms with Gasteiger partial charge in [-0.15, -0.1) is 0 Å². The number of rotatable bonds is 1. The molecule has 0 amide bonds. The molecule has 0 bridgehead atoms. The largest absolute Gasteiger partial charge is 0.396 e. The van der Waals surface area contributed by atoms with E-state index in [1.165, 1.54) is 24.3 Å². The summed E-state index contributed by atoms with van der Waals surface area (Å²) in [6.07, 6.45) is 0. The van der Waals surface area contributed by atoms with E-state index in [4.69, 9.17) is 5.73 Å². The van der Waals surface area contributed by atoms with E-state index in [1.54, 1.807) is 6.07 Å². The number of benzene rings is 2. The topological polar surface area (TPSA) is 26.0 Å². The Morgan fingerprint density at radius 2 is 1.62 bits per heavy atom. The Hall–Kier alpha value is -1.97. The first-order valence-electron chi connectivity index (χ1n) is 4.58. The van der Waals surface area contributed by atoms with Gasteiger partial charge in [0.2, 0.25) is 0 Å². The van der Waals surface area contributed by atoms with Crippen LogP contribution in [0.25, 0.3) is 11.1 Å². The van der Waals surface area contributed by atoms with Crippen molar-refractivity contribution in [3.63, 3.8) is 0 Å². The lowest BCUT2D eigenvalue weighted by molar-refractivity contribution is 0.512. The van der Waals surface area contributed by atoms with Gasteiger partial charge >= 0.3 is 0 Å². The van der Waals surface area contributed by atoms with E-state index in [-0.39, 0.29) is 5.69 Å². The number of anilines is 1. The van der Waals surface area contributed by atoms with Crippen LogP contribution in [0.4, 0.5) is 18.9 Å². The van der Waals surface area contributed by atoms with Gasteiger partial charge in [-0.3, -0.25) is 0 Å². The summed E-state index contributed by atoms with van der Waals surface area (Å²) in [6.45, 7) is 0. The minimum absolute atomic E-state index is 0.292. The highest BCUT2D eigenvalue weighted by Gasteiger charge is 2.09. The van der Waals surface area contributed by atoms with E-state index < -0.39 is 17.5 Å². The molecule has 2 aromatic rings. The highest BCUT2D eigenvalue weighted by molar-refractivity contribution is 5.67. The van der Waals surface area contributed by atoms with Crippen LogP contribution in [0.5, 0.6) is 0 Å². The molecule has 82 valence electrons. The van der Waals surface area contributed by atoms with Crippen LogP contribution in [0.3, 0.4) is 0 Å². The third-order valence-electron chi connectivity index (χ3n) is 2.21. The van der Waals surface area contributed by atoms with Gasteiger partial charge in [-0.2, -0.15) is 0 Å². The molecule has 0 radical (unpaired) electrons. The second kappa shape index (κ2) is 3.89. The molecule has 0 heterocycles. The summed E-state index contributed by atoms with van der Waals surface area (Å²) in [5.74, 6) is -2.57. The second-order valence-corrected chi connectivity index (χ2v) is 3.37. The van der Waals surface area contributed by atoms with Crippen molar-refractivity contribution in [2.75, 3.05) is 5.73 Å². The zero-order chi connectivity index (χ0) is 11.7. The second-order valence-electron chi connectivity index (χ2n) is 3.37. The van der Waals surface area contributed by atoms with E-state index in [0.29, 0.717) is 11.1 Å². The summed E-state index contributed by atoms with van der Waals surface area (Å²) in [4.78, 5) is 0. The van der Waals surface area contributed by atoms with Gasteiger partial charge in [0, 0.05) is 0 Å². The van der Waals surface area contributed by atoms with E-state index in [9.17, 15) is 13.2 Å². The molecule has 1 nitrogen and oxygen atoms in total. The van der Waals surface area contributed by atoms with Crippen LogP contribution in [-0.2, 0) is 0 Å². The molecule has 0 spiro atoms. The molecule has 2 aromatic carbocycles. The molecule has 0 aliphatic rings. The summed E-state index contributed by atoms with van der Waals surface area (Å²) in [5.41, 5.74) is 5.79. The predicted octanol–water partition coefficient (Wildman–Crippen LogP) is 3.35. The van der Waals surface area contributed by atoms with Crippen molar-refractivity contribution in [2.24, 2.45) is 0 Å². The number of hydrogen-bond donors (Lipinski definition) is 1. The fraction of sp³-hybridized carbons (Fsp3) is 0. The van der Waals surface area contributed by atoms with Crippen molar-refractivity contribution in [2.45, 2.75) is 0 Å². The van der Waals surface area contributed by atoms with Crippen LogP contribution in [0, 0.1) is 17.5 Å². The van der Waals surface area contributed by atoms with Gasteiger partial charge in [0.1, 0.15) is 5.82 Å². The summed E-state index contributed by atoms with van der Waals surface area (Å²) < 4.78 is 38.9. The number of nitrogen functional groups attached to an aromatic ring is 1. The predicted molar refractivity (Wildman–Crippen MR) is 56.2 cm³/mol. The molecule has 0 aliphatic heterocycles. The average molecular weight is 223 g/mol. The maximum Gasteiger partial charge on any atom is 0.181 e. The van der Waals surface area contributed by atoms with Crippen LogP contribution in [0.1, 0.15) is 0 Å². The molecule has 0 atom stereocenters. The molecule has 0 aromatic heterocycles. The van der Waals surface area contributed by atoms with Gasteiger partial charge in [-0.05, 0) is 35.4 Å². The molecule has 4 heteroatoms. The van der Waals surface area contributed by atoms with Gasteiger partial charge in [-0.1, -0.05) is 12.1 Å². The van der Waals surface area contributed by atoms with Crippen molar-refractivity contribution in [3.05, 3.63) is 53.8 Å². The van der Waals surface area contributed by atoms with Gasteiger partial charge in [-0.25, -0.2) is 13.2 Å². The fourth-order valence-electron chi connectivity index (χ4n) is 1.45. The number of nitrogens with two attached hydrogens (primary N) is 1. The Labute approximate surface area is 90.3 Å². The SMILES string of the molecule is Nc1cc(-c2cccc(F)c2)cc(F)c1F. The Morgan fingerprint density at radius 1 is 0.875 bits per heavy atom. The van der Waals surface area contributed by atoms with Crippen LogP contribution in [0.15, 0.2) is 36.4 Å². The van der Waals surface area contributed by atoms with E-state index in [0.717, 1.165) is 6.07 Å². The van der Waals surface area contributed by atoms with Gasteiger partial charge < -0.3 is 5.73 Å². The Balaban J connectivity index is 2.57. The summed E-state index contributed by atoms with van der Waals surface area (Å²) in [5, 5.41) is 0. The minimum atomic E-state index is -1.08. The Bertz CT molecular complexity index is 515. The maximum absolute atomic E-state index is 13.1. The summed E-state index contributed by atoms with van der Waals surface area (Å²) in [6, 6.07) is 7.84. The molecule has 0 aliphatic carbocycles. The smallest absolute Gasteiger partial charge is 0.181 e. The monoisotopic (exact) mass is 223 g/mol. The first-order chi connectivity index (χ1) is 7.58. The quantitative estimate of drug-likeness (QED) is 0.737. The molecular weight excluding hydrogens is 215 g/mol. The molecule has 0 fully saturated rings. The van der Waals surface area contributed by atoms with Crippen molar-refractivity contribution < 1.29 is 13.2 Å². The lowest BCUT2D eigenvalue weighted by atomic mass is 10.0. The van der Waals surface area contributed by atoms with Crippen LogP contribution >= 0.6 is 0 Å². The highest BCUT2D eigenvalue weighted by Crippen LogP contribution is 2.25. The molecule has 0 saturated heterocycles. The number of halogens is 3. The normalized spacial score (nSPS) is 10.4. The van der Waals surface area contributed by atoms with Gasteiger partial charge in [0.05, 0.1) is 5.69 Å². The zero-order valence-electron chi connectivity index (χ0n) is 8.18. The first kappa shape index (κ1) is 10.5. The average Bonchev–Trinajstić information content (AvgIpc) is 2.25. The first-order valence-corrected chi connectivity index (χ1v) is 4.58. The molecule has 0 unspecified atom stereocenters. The molecule has 2 N–H and O–H groups in total. The van der Waals surface area contributed by atoms with Crippen LogP contribution in [-0.4, -0.2) is 0 Å². The standard InChI is InChI=1S/C12H8F3N/c13-9-3-1-2-7(4-9)8-5-10(14)12(15)11(16)6-8/h1-6H,16H2. The zero-order valence-corrected chi connectivity index (χ0v) is 8.18. The van der Waals surface area contributed by atoms with Crippen molar-refractivity contribution >= 4 is 5.69 Å². The summed E-state index contributed by atoms with van der Waals surface area (Å²) >= 11 is 0. The lowest BCUT2D eigenvalue weighted by Crippen LogP contribution is -1.95. The van der Waals surface area contributed by atoms with Crippen LogP contribution in [0.2, 0.25) is 0 Å². The maximum atomic E-state index is 13.1. The van der Waals surface area contributed by atoms with Crippen molar-refractivity contribution in [1.82, 2.24) is 0 Å². The van der Waals surface area contributed by atoms with Crippen molar-refractivity contribution in [3.8, 4) is 11.1 Å². The lowest BCUT2D eigenvalue weighted by Gasteiger charge is -2.05. The Kier molecular flexibility index (Phi) is 2.56. The third kappa shape index (κ3) is 1.86. The third-order valence-corrected chi connectivity index (χ3v) is 2.21. The molecule has 2 rings (SSSR count). The highest BCUT2D eigenvalue weighted by atomic mass is 19.2. The van der Waals surface area contributed by atoms with E-state index >= 15 is 0 Å². The number of hydrogen-bond acceptors (Lipinski definition) is 1. The van der Waals surface area contributed by atoms with E-state index in [2.05, 4.69) is 0 Å². The molecule has 0 saturated carbocycles. The fourth-order valence-corrected chi connectivity index (χ4v) is 1.45. The van der Waals surface area contributed by atoms with E-state index in [1.807, 2.05) is 0 Å². The minimum Gasteiger partial charge on any atom is -0.396 e. The Morgan fingerprint density at radius 3 is 2.25 bits per heavy atom. The molecule has 16 heavy (non-hydrogen) atoms. The van der Waals surface area contributed by atoms with Gasteiger partial charge in [0.15, 0.2) is 11.6 Å². The molecular formula is C12H8F3N. The van der Waals surface area contributed by atoms with Gasteiger partial charge in [0.25, 0.3) is 0 Å². The summed E-state index contributed by atoms with van der Waals surface area (Å²) in [7, 11) is 0. The van der Waals surface area contributed by atoms with Crippen LogP contribution < -0.4 is 5.73 Å². The van der Waals surface area contributed by atoms with Crippen molar-refractivity contribution in [1.29, 1.82) is 0 Å².